The normalized spacial score (nSPS) is 33.7. The van der Waals surface area contributed by atoms with Gasteiger partial charge in [-0.2, -0.15) is 0 Å². The van der Waals surface area contributed by atoms with Gasteiger partial charge in [0.1, 0.15) is 0 Å². The van der Waals surface area contributed by atoms with Gasteiger partial charge in [0.15, 0.2) is 9.84 Å². The lowest BCUT2D eigenvalue weighted by Gasteiger charge is -2.29. The molecule has 84 valence electrons. The molecule has 2 atom stereocenters. The Bertz CT molecular complexity index is 290. The number of rotatable bonds is 0. The van der Waals surface area contributed by atoms with E-state index in [-0.39, 0.29) is 22.5 Å². The Balaban J connectivity index is 2.86. The van der Waals surface area contributed by atoms with Crippen molar-refractivity contribution < 1.29 is 8.42 Å². The predicted molar refractivity (Wildman–Crippen MR) is 59.1 cm³/mol. The van der Waals surface area contributed by atoms with Crippen LogP contribution < -0.4 is 5.32 Å². The van der Waals surface area contributed by atoms with Crippen LogP contribution in [0.25, 0.3) is 0 Å². The van der Waals surface area contributed by atoms with E-state index in [2.05, 4.69) is 26.1 Å². The second-order valence-electron chi connectivity index (χ2n) is 5.30. The SMILES string of the molecule is CC1CCNC(C(C)(C)C)CS1(=O)=O. The molecule has 0 spiro atoms. The molecule has 0 radical (unpaired) electrons. The highest BCUT2D eigenvalue weighted by atomic mass is 32.2. The highest BCUT2D eigenvalue weighted by Gasteiger charge is 2.34. The van der Waals surface area contributed by atoms with Crippen molar-refractivity contribution in [1.82, 2.24) is 5.32 Å². The second-order valence-corrected chi connectivity index (χ2v) is 7.77. The van der Waals surface area contributed by atoms with Crippen LogP contribution in [-0.4, -0.2) is 32.0 Å². The zero-order chi connectivity index (χ0) is 11.0. The van der Waals surface area contributed by atoms with Crippen molar-refractivity contribution in [2.75, 3.05) is 12.3 Å². The van der Waals surface area contributed by atoms with E-state index in [9.17, 15) is 8.42 Å². The zero-order valence-corrected chi connectivity index (χ0v) is 10.3. The molecule has 2 unspecified atom stereocenters. The molecule has 0 saturated carbocycles. The fraction of sp³-hybridized carbons (Fsp3) is 1.00. The maximum absolute atomic E-state index is 11.8. The van der Waals surface area contributed by atoms with Gasteiger partial charge in [0.2, 0.25) is 0 Å². The molecule has 0 aliphatic carbocycles. The van der Waals surface area contributed by atoms with Crippen molar-refractivity contribution in [3.63, 3.8) is 0 Å². The lowest BCUT2D eigenvalue weighted by Crippen LogP contribution is -2.43. The van der Waals surface area contributed by atoms with Crippen LogP contribution in [0.1, 0.15) is 34.1 Å². The van der Waals surface area contributed by atoms with Gasteiger partial charge in [-0.25, -0.2) is 8.42 Å². The summed E-state index contributed by atoms with van der Waals surface area (Å²) < 4.78 is 23.6. The molecule has 1 heterocycles. The highest BCUT2D eigenvalue weighted by Crippen LogP contribution is 2.24. The van der Waals surface area contributed by atoms with Gasteiger partial charge in [-0.15, -0.1) is 0 Å². The number of sulfone groups is 1. The summed E-state index contributed by atoms with van der Waals surface area (Å²) in [6.07, 6.45) is 0.731. The van der Waals surface area contributed by atoms with Crippen LogP contribution in [-0.2, 0) is 9.84 Å². The minimum absolute atomic E-state index is 0.0110. The maximum Gasteiger partial charge on any atom is 0.154 e. The highest BCUT2D eigenvalue weighted by molar-refractivity contribution is 7.92. The van der Waals surface area contributed by atoms with Crippen molar-refractivity contribution in [3.8, 4) is 0 Å². The van der Waals surface area contributed by atoms with E-state index in [1.54, 1.807) is 0 Å². The third-order valence-electron chi connectivity index (χ3n) is 3.00. The lowest BCUT2D eigenvalue weighted by molar-refractivity contribution is 0.292. The van der Waals surface area contributed by atoms with Gasteiger partial charge >= 0.3 is 0 Å². The second kappa shape index (κ2) is 3.81. The number of nitrogens with one attached hydrogen (secondary N) is 1. The Kier molecular flexibility index (Phi) is 3.26. The number of hydrogen-bond donors (Lipinski definition) is 1. The molecule has 0 amide bonds. The summed E-state index contributed by atoms with van der Waals surface area (Å²) in [5.41, 5.74) is 0.0110. The molecule has 1 saturated heterocycles. The van der Waals surface area contributed by atoms with Crippen molar-refractivity contribution in [2.24, 2.45) is 5.41 Å². The van der Waals surface area contributed by atoms with Crippen molar-refractivity contribution >= 4 is 9.84 Å². The zero-order valence-electron chi connectivity index (χ0n) is 9.50. The van der Waals surface area contributed by atoms with E-state index in [0.29, 0.717) is 0 Å². The first kappa shape index (κ1) is 12.0. The largest absolute Gasteiger partial charge is 0.312 e. The summed E-state index contributed by atoms with van der Waals surface area (Å²) in [7, 11) is -2.89. The van der Waals surface area contributed by atoms with Gasteiger partial charge in [0, 0.05) is 6.04 Å². The molecule has 0 bridgehead atoms. The van der Waals surface area contributed by atoms with E-state index in [1.165, 1.54) is 0 Å². The van der Waals surface area contributed by atoms with Gasteiger partial charge < -0.3 is 5.32 Å². The van der Waals surface area contributed by atoms with Crippen LogP contribution in [0.3, 0.4) is 0 Å². The maximum atomic E-state index is 11.8. The van der Waals surface area contributed by atoms with Gasteiger partial charge in [-0.1, -0.05) is 20.8 Å². The quantitative estimate of drug-likeness (QED) is 0.666. The van der Waals surface area contributed by atoms with Crippen LogP contribution in [0.4, 0.5) is 0 Å². The molecular weight excluding hydrogens is 198 g/mol. The van der Waals surface area contributed by atoms with Crippen LogP contribution in [0.2, 0.25) is 0 Å². The molecule has 1 N–H and O–H groups in total. The molecule has 0 aromatic rings. The molecule has 0 aromatic carbocycles. The topological polar surface area (TPSA) is 46.2 Å². The third-order valence-corrected chi connectivity index (χ3v) is 5.26. The van der Waals surface area contributed by atoms with E-state index in [1.807, 2.05) is 6.92 Å². The minimum Gasteiger partial charge on any atom is -0.312 e. The van der Waals surface area contributed by atoms with Crippen molar-refractivity contribution in [3.05, 3.63) is 0 Å². The molecule has 1 aliphatic heterocycles. The van der Waals surface area contributed by atoms with Crippen LogP contribution >= 0.6 is 0 Å². The summed E-state index contributed by atoms with van der Waals surface area (Å²) in [5.74, 6) is 0.275. The standard InChI is InChI=1S/C10H21NO2S/c1-8-5-6-11-9(10(2,3)4)7-14(8,12)13/h8-9,11H,5-7H2,1-4H3. The smallest absolute Gasteiger partial charge is 0.154 e. The summed E-state index contributed by atoms with van der Waals surface area (Å²) in [6, 6.07) is 0.0810. The molecule has 14 heavy (non-hydrogen) atoms. The molecular formula is C10H21NO2S. The molecule has 3 nitrogen and oxygen atoms in total. The summed E-state index contributed by atoms with van der Waals surface area (Å²) >= 11 is 0. The van der Waals surface area contributed by atoms with Gasteiger partial charge in [0.25, 0.3) is 0 Å². The molecule has 1 fully saturated rings. The lowest BCUT2D eigenvalue weighted by atomic mass is 9.88. The summed E-state index contributed by atoms with van der Waals surface area (Å²) in [5, 5.41) is 3.14. The average Bonchev–Trinajstić information content (AvgIpc) is 2.11. The van der Waals surface area contributed by atoms with Gasteiger partial charge in [0.05, 0.1) is 11.0 Å². The molecule has 1 rings (SSSR count). The van der Waals surface area contributed by atoms with Gasteiger partial charge in [-0.3, -0.25) is 0 Å². The van der Waals surface area contributed by atoms with E-state index < -0.39 is 9.84 Å². The van der Waals surface area contributed by atoms with Crippen molar-refractivity contribution in [2.45, 2.75) is 45.4 Å². The Morgan fingerprint density at radius 2 is 1.86 bits per heavy atom. The third kappa shape index (κ3) is 2.70. The predicted octanol–water partition coefficient (Wildman–Crippen LogP) is 1.20. The summed E-state index contributed by atoms with van der Waals surface area (Å²) in [6.45, 7) is 8.85. The van der Waals surface area contributed by atoms with Crippen LogP contribution in [0, 0.1) is 5.41 Å². The Hall–Kier alpha value is -0.0900. The first-order chi connectivity index (χ1) is 6.23. The van der Waals surface area contributed by atoms with E-state index in [0.717, 1.165) is 13.0 Å². The van der Waals surface area contributed by atoms with Crippen LogP contribution in [0.5, 0.6) is 0 Å². The van der Waals surface area contributed by atoms with Gasteiger partial charge in [-0.05, 0) is 25.3 Å². The van der Waals surface area contributed by atoms with Crippen LogP contribution in [0.15, 0.2) is 0 Å². The van der Waals surface area contributed by atoms with Crippen molar-refractivity contribution in [1.29, 1.82) is 0 Å². The summed E-state index contributed by atoms with van der Waals surface area (Å²) in [4.78, 5) is 0. The molecule has 4 heteroatoms. The number of hydrogen-bond acceptors (Lipinski definition) is 3. The Morgan fingerprint density at radius 3 is 2.36 bits per heavy atom. The first-order valence-corrected chi connectivity index (χ1v) is 6.90. The fourth-order valence-corrected chi connectivity index (χ4v) is 3.54. The fourth-order valence-electron chi connectivity index (χ4n) is 1.65. The Labute approximate surface area is 87.2 Å². The minimum atomic E-state index is -2.89. The molecule has 0 aromatic heterocycles. The monoisotopic (exact) mass is 219 g/mol. The first-order valence-electron chi connectivity index (χ1n) is 5.18. The molecule has 1 aliphatic rings. The van der Waals surface area contributed by atoms with E-state index >= 15 is 0 Å². The van der Waals surface area contributed by atoms with E-state index in [4.69, 9.17) is 0 Å². The average molecular weight is 219 g/mol. The Morgan fingerprint density at radius 1 is 1.29 bits per heavy atom.